The van der Waals surface area contributed by atoms with Gasteiger partial charge < -0.3 is 0 Å². The van der Waals surface area contributed by atoms with Crippen molar-refractivity contribution in [3.8, 4) is 5.69 Å². The number of rotatable bonds is 1. The van der Waals surface area contributed by atoms with Crippen molar-refractivity contribution in [2.75, 3.05) is 0 Å². The number of halogens is 1. The second-order valence-electron chi connectivity index (χ2n) is 4.23. The van der Waals surface area contributed by atoms with Crippen LogP contribution in [0.1, 0.15) is 5.56 Å². The summed E-state index contributed by atoms with van der Waals surface area (Å²) in [6.07, 6.45) is 3.47. The minimum atomic E-state index is -0.0931. The van der Waals surface area contributed by atoms with Crippen LogP contribution in [0.2, 0.25) is 0 Å². The molecule has 0 spiro atoms. The Hall–Kier alpha value is -2.01. The molecule has 0 aliphatic rings. The average Bonchev–Trinajstić information content (AvgIpc) is 2.43. The minimum absolute atomic E-state index is 0.0931. The first-order chi connectivity index (χ1) is 9.16. The molecule has 0 aliphatic carbocycles. The van der Waals surface area contributed by atoms with Gasteiger partial charge in [-0.25, -0.2) is 4.68 Å². The van der Waals surface area contributed by atoms with E-state index in [-0.39, 0.29) is 5.43 Å². The second kappa shape index (κ2) is 4.59. The molecular weight excluding hydrogens is 306 g/mol. The van der Waals surface area contributed by atoms with Gasteiger partial charge >= 0.3 is 0 Å². The molecule has 19 heavy (non-hydrogen) atoms. The lowest BCUT2D eigenvalue weighted by Crippen LogP contribution is -2.14. The number of fused-ring (bicyclic) bond motifs is 1. The molecule has 0 bridgehead atoms. The van der Waals surface area contributed by atoms with Gasteiger partial charge in [-0.2, -0.15) is 5.10 Å². The molecule has 0 saturated heterocycles. The highest BCUT2D eigenvalue weighted by Gasteiger charge is 2.08. The number of nitrogens with zero attached hydrogens (tertiary/aromatic N) is 3. The molecule has 94 valence electrons. The van der Waals surface area contributed by atoms with Crippen LogP contribution in [0.4, 0.5) is 0 Å². The normalized spacial score (nSPS) is 10.8. The van der Waals surface area contributed by atoms with E-state index < -0.39 is 0 Å². The van der Waals surface area contributed by atoms with Gasteiger partial charge in [0, 0.05) is 23.3 Å². The summed E-state index contributed by atoms with van der Waals surface area (Å²) in [6, 6.07) is 9.76. The molecule has 0 fully saturated rings. The molecule has 0 unspecified atom stereocenters. The summed E-state index contributed by atoms with van der Waals surface area (Å²) in [4.78, 5) is 16.1. The maximum Gasteiger partial charge on any atom is 0.217 e. The summed E-state index contributed by atoms with van der Waals surface area (Å²) in [7, 11) is 0. The lowest BCUT2D eigenvalue weighted by atomic mass is 10.2. The van der Waals surface area contributed by atoms with E-state index in [1.807, 2.05) is 30.3 Å². The zero-order chi connectivity index (χ0) is 13.4. The van der Waals surface area contributed by atoms with E-state index in [1.54, 1.807) is 24.0 Å². The number of hydrogen-bond acceptors (Lipinski definition) is 3. The average molecular weight is 316 g/mol. The Morgan fingerprint density at radius 2 is 2.00 bits per heavy atom. The first-order valence-corrected chi connectivity index (χ1v) is 6.56. The molecule has 3 aromatic rings. The van der Waals surface area contributed by atoms with E-state index in [4.69, 9.17) is 0 Å². The van der Waals surface area contributed by atoms with Crippen molar-refractivity contribution >= 4 is 26.8 Å². The van der Waals surface area contributed by atoms with E-state index in [9.17, 15) is 4.79 Å². The first-order valence-electron chi connectivity index (χ1n) is 5.77. The Labute approximate surface area is 117 Å². The molecule has 2 aromatic heterocycles. The molecule has 0 amide bonds. The molecule has 0 N–H and O–H groups in total. The van der Waals surface area contributed by atoms with E-state index in [0.717, 1.165) is 16.6 Å². The quantitative estimate of drug-likeness (QED) is 0.693. The molecule has 4 nitrogen and oxygen atoms in total. The third kappa shape index (κ3) is 2.06. The molecule has 1 aromatic carbocycles. The number of aryl methyl sites for hydroxylation is 1. The summed E-state index contributed by atoms with van der Waals surface area (Å²) in [5.74, 6) is 0. The van der Waals surface area contributed by atoms with E-state index in [2.05, 4.69) is 26.0 Å². The maximum absolute atomic E-state index is 11.7. The number of pyridine rings is 1. The highest BCUT2D eigenvalue weighted by molar-refractivity contribution is 9.10. The molecule has 5 heteroatoms. The van der Waals surface area contributed by atoms with Crippen molar-refractivity contribution in [3.63, 3.8) is 0 Å². The number of aromatic nitrogens is 3. The van der Waals surface area contributed by atoms with E-state index >= 15 is 0 Å². The molecule has 0 aliphatic heterocycles. The van der Waals surface area contributed by atoms with Crippen LogP contribution >= 0.6 is 15.9 Å². The minimum Gasteiger partial charge on any atom is -0.286 e. The van der Waals surface area contributed by atoms with Crippen molar-refractivity contribution < 1.29 is 0 Å². The Morgan fingerprint density at radius 3 is 2.79 bits per heavy atom. The summed E-state index contributed by atoms with van der Waals surface area (Å²) in [5, 5.41) is 5.27. The first kappa shape index (κ1) is 12.0. The topological polar surface area (TPSA) is 47.8 Å². The van der Waals surface area contributed by atoms with Gasteiger partial charge in [-0.05, 0) is 35.0 Å². The molecule has 0 atom stereocenters. The number of para-hydroxylation sites is 1. The lowest BCUT2D eigenvalue weighted by molar-refractivity contribution is 0.814. The Morgan fingerprint density at radius 1 is 1.21 bits per heavy atom. The van der Waals surface area contributed by atoms with Crippen LogP contribution in [0.3, 0.4) is 0 Å². The Bertz CT molecular complexity index is 795. The van der Waals surface area contributed by atoms with E-state index in [0.29, 0.717) is 10.2 Å². The van der Waals surface area contributed by atoms with Crippen molar-refractivity contribution in [2.45, 2.75) is 6.92 Å². The van der Waals surface area contributed by atoms with Crippen LogP contribution in [0, 0.1) is 6.92 Å². The van der Waals surface area contributed by atoms with E-state index in [1.165, 1.54) is 0 Å². The highest BCUT2D eigenvalue weighted by atomic mass is 79.9. The Balaban J connectivity index is 2.34. The monoisotopic (exact) mass is 315 g/mol. The van der Waals surface area contributed by atoms with Crippen molar-refractivity contribution in [2.24, 2.45) is 0 Å². The highest BCUT2D eigenvalue weighted by Crippen LogP contribution is 2.19. The van der Waals surface area contributed by atoms with Crippen molar-refractivity contribution in [1.82, 2.24) is 14.8 Å². The van der Waals surface area contributed by atoms with Gasteiger partial charge in [0.2, 0.25) is 5.43 Å². The van der Waals surface area contributed by atoms with Crippen LogP contribution in [0.15, 0.2) is 52.1 Å². The van der Waals surface area contributed by atoms with Crippen LogP contribution in [-0.2, 0) is 0 Å². The lowest BCUT2D eigenvalue weighted by Gasteiger charge is -2.09. The van der Waals surface area contributed by atoms with Gasteiger partial charge in [0.1, 0.15) is 0 Å². The van der Waals surface area contributed by atoms with Crippen molar-refractivity contribution in [1.29, 1.82) is 0 Å². The summed E-state index contributed by atoms with van der Waals surface area (Å²) in [6.45, 7) is 1.77. The number of benzene rings is 1. The number of hydrogen-bond donors (Lipinski definition) is 0. The smallest absolute Gasteiger partial charge is 0.217 e. The largest absolute Gasteiger partial charge is 0.286 e. The van der Waals surface area contributed by atoms with Crippen LogP contribution in [0.5, 0.6) is 0 Å². The summed E-state index contributed by atoms with van der Waals surface area (Å²) in [5.41, 5.74) is 2.24. The zero-order valence-electron chi connectivity index (χ0n) is 10.2. The predicted octanol–water partition coefficient (Wildman–Crippen LogP) is 2.85. The van der Waals surface area contributed by atoms with Gasteiger partial charge in [0.25, 0.3) is 0 Å². The zero-order valence-corrected chi connectivity index (χ0v) is 11.8. The van der Waals surface area contributed by atoms with Gasteiger partial charge in [0.05, 0.1) is 11.2 Å². The second-order valence-corrected chi connectivity index (χ2v) is 4.98. The predicted molar refractivity (Wildman–Crippen MR) is 77.6 cm³/mol. The molecule has 3 rings (SSSR count). The van der Waals surface area contributed by atoms with Crippen molar-refractivity contribution in [3.05, 3.63) is 63.1 Å². The fourth-order valence-electron chi connectivity index (χ4n) is 1.97. The van der Waals surface area contributed by atoms with Gasteiger partial charge in [0.15, 0.2) is 4.60 Å². The van der Waals surface area contributed by atoms with Crippen LogP contribution in [0.25, 0.3) is 16.6 Å². The molecule has 0 saturated carbocycles. The third-order valence-corrected chi connectivity index (χ3v) is 3.43. The van der Waals surface area contributed by atoms with Gasteiger partial charge in [-0.15, -0.1) is 0 Å². The maximum atomic E-state index is 11.7. The van der Waals surface area contributed by atoms with Crippen LogP contribution in [-0.4, -0.2) is 14.8 Å². The standard InChI is InChI=1S/C14H10BrN3O/c1-9-8-18(17-14(15)13(9)19)11-6-2-4-10-5-3-7-16-12(10)11/h2-8H,1H3. The third-order valence-electron chi connectivity index (χ3n) is 2.92. The SMILES string of the molecule is Cc1cn(-c2cccc3cccnc23)nc(Br)c1=O. The molecule has 0 radical (unpaired) electrons. The summed E-state index contributed by atoms with van der Waals surface area (Å²) < 4.78 is 1.98. The van der Waals surface area contributed by atoms with Gasteiger partial charge in [-0.1, -0.05) is 18.2 Å². The fraction of sp³-hybridized carbons (Fsp3) is 0.0714. The fourth-order valence-corrected chi connectivity index (χ4v) is 2.45. The summed E-state index contributed by atoms with van der Waals surface area (Å²) >= 11 is 3.19. The van der Waals surface area contributed by atoms with Crippen LogP contribution < -0.4 is 5.43 Å². The van der Waals surface area contributed by atoms with Gasteiger partial charge in [-0.3, -0.25) is 9.78 Å². The Kier molecular flexibility index (Phi) is 2.91. The molecular formula is C14H10BrN3O. The molecule has 2 heterocycles.